The zero-order chi connectivity index (χ0) is 21.9. The normalized spacial score (nSPS) is 23.8. The Hall–Kier alpha value is -4.01. The number of fused-ring (bicyclic) bond motifs is 1. The van der Waals surface area contributed by atoms with Crippen LogP contribution in [0, 0.1) is 11.3 Å². The zero-order valence-corrected chi connectivity index (χ0v) is 16.8. The van der Waals surface area contributed by atoms with Crippen LogP contribution >= 0.6 is 0 Å². The van der Waals surface area contributed by atoms with Crippen molar-refractivity contribution in [2.45, 2.75) is 24.3 Å². The van der Waals surface area contributed by atoms with Crippen molar-refractivity contribution in [1.82, 2.24) is 25.5 Å². The van der Waals surface area contributed by atoms with Gasteiger partial charge in [-0.1, -0.05) is 29.4 Å². The number of rotatable bonds is 5. The molecule has 2 aliphatic heterocycles. The molecule has 0 radical (unpaired) electrons. The van der Waals surface area contributed by atoms with Crippen molar-refractivity contribution in [1.29, 1.82) is 5.26 Å². The van der Waals surface area contributed by atoms with Crippen molar-refractivity contribution in [2.24, 2.45) is 0 Å². The van der Waals surface area contributed by atoms with Crippen molar-refractivity contribution in [3.63, 3.8) is 0 Å². The molecule has 0 bridgehead atoms. The molecule has 0 unspecified atom stereocenters. The Labute approximate surface area is 182 Å². The molecule has 11 nitrogen and oxygen atoms in total. The van der Waals surface area contributed by atoms with Crippen LogP contribution in [0.25, 0.3) is 0 Å². The number of carbonyl (C=O) groups excluding carboxylic acids is 1. The molecular weight excluding hydrogens is 414 g/mol. The topological polar surface area (TPSA) is 136 Å². The van der Waals surface area contributed by atoms with Gasteiger partial charge in [0.25, 0.3) is 0 Å². The Kier molecular flexibility index (Phi) is 5.37. The highest BCUT2D eigenvalue weighted by Gasteiger charge is 2.50. The molecule has 2 aromatic carbocycles. The number of nitrogens with one attached hydrogen (secondary N) is 2. The summed E-state index contributed by atoms with van der Waals surface area (Å²) in [5, 5.41) is 26.4. The second-order valence-corrected chi connectivity index (χ2v) is 7.38. The number of hydrogen-bond donors (Lipinski definition) is 2. The molecule has 0 spiro atoms. The number of benzene rings is 2. The standard InChI is InChI=1S/C21H19N7O4/c22-10-13-5-4-6-14(9-13)23-20(29)24-16-11-30-19-17(12-31-18(16)19)28-21(25-26-27-28)32-15-7-2-1-3-8-15/h1-9,16-19H,11-12H2,(H2,23,24,29)/t16-,17-,18+,19+/m0/s1. The molecule has 3 aromatic rings. The van der Waals surface area contributed by atoms with Gasteiger partial charge in [0, 0.05) is 5.69 Å². The van der Waals surface area contributed by atoms with Gasteiger partial charge in [0.15, 0.2) is 0 Å². The molecule has 2 N–H and O–H groups in total. The van der Waals surface area contributed by atoms with Crippen LogP contribution in [-0.2, 0) is 9.47 Å². The molecule has 4 atom stereocenters. The zero-order valence-electron chi connectivity index (χ0n) is 16.8. The van der Waals surface area contributed by atoms with Gasteiger partial charge >= 0.3 is 12.0 Å². The van der Waals surface area contributed by atoms with E-state index in [1.165, 1.54) is 0 Å². The van der Waals surface area contributed by atoms with Gasteiger partial charge < -0.3 is 24.8 Å². The maximum atomic E-state index is 12.5. The molecule has 0 aliphatic carbocycles. The van der Waals surface area contributed by atoms with Crippen LogP contribution in [0.2, 0.25) is 0 Å². The summed E-state index contributed by atoms with van der Waals surface area (Å²) in [7, 11) is 0. The van der Waals surface area contributed by atoms with Crippen LogP contribution in [0.1, 0.15) is 11.6 Å². The molecule has 2 fully saturated rings. The Morgan fingerprint density at radius 3 is 2.81 bits per heavy atom. The number of tetrazole rings is 1. The van der Waals surface area contributed by atoms with Gasteiger partial charge in [0.05, 0.1) is 30.9 Å². The van der Waals surface area contributed by atoms with E-state index in [1.807, 2.05) is 36.4 Å². The molecule has 11 heteroatoms. The van der Waals surface area contributed by atoms with Crippen LogP contribution in [-0.4, -0.2) is 57.7 Å². The predicted octanol–water partition coefficient (Wildman–Crippen LogP) is 1.87. The van der Waals surface area contributed by atoms with Gasteiger partial charge in [-0.05, 0) is 40.8 Å². The summed E-state index contributed by atoms with van der Waals surface area (Å²) < 4.78 is 19.2. The first-order valence-corrected chi connectivity index (χ1v) is 10.0. The fourth-order valence-electron chi connectivity index (χ4n) is 3.87. The molecule has 3 heterocycles. The van der Waals surface area contributed by atoms with Crippen LogP contribution in [0.3, 0.4) is 0 Å². The smallest absolute Gasteiger partial charge is 0.341 e. The molecule has 5 rings (SSSR count). The summed E-state index contributed by atoms with van der Waals surface area (Å²) in [6, 6.07) is 17.1. The maximum absolute atomic E-state index is 12.5. The van der Waals surface area contributed by atoms with Gasteiger partial charge in [-0.25, -0.2) is 4.79 Å². The van der Waals surface area contributed by atoms with E-state index in [-0.39, 0.29) is 36.9 Å². The van der Waals surface area contributed by atoms with Crippen molar-refractivity contribution in [3.8, 4) is 17.8 Å². The van der Waals surface area contributed by atoms with E-state index in [0.717, 1.165) is 0 Å². The quantitative estimate of drug-likeness (QED) is 0.622. The Morgan fingerprint density at radius 2 is 1.97 bits per heavy atom. The van der Waals surface area contributed by atoms with E-state index in [9.17, 15) is 4.79 Å². The van der Waals surface area contributed by atoms with E-state index < -0.39 is 6.03 Å². The second-order valence-electron chi connectivity index (χ2n) is 7.38. The molecular formula is C21H19N7O4. The fourth-order valence-corrected chi connectivity index (χ4v) is 3.87. The summed E-state index contributed by atoms with van der Waals surface area (Å²) in [6.07, 6.45) is -0.700. The maximum Gasteiger partial charge on any atom is 0.341 e. The molecule has 32 heavy (non-hydrogen) atoms. The van der Waals surface area contributed by atoms with Gasteiger partial charge in [-0.2, -0.15) is 9.94 Å². The van der Waals surface area contributed by atoms with Gasteiger partial charge in [-0.3, -0.25) is 0 Å². The first kappa shape index (κ1) is 19.9. The van der Waals surface area contributed by atoms with E-state index in [4.69, 9.17) is 19.5 Å². The number of nitrogens with zero attached hydrogens (tertiary/aromatic N) is 5. The van der Waals surface area contributed by atoms with E-state index in [1.54, 1.807) is 28.9 Å². The Morgan fingerprint density at radius 1 is 1.12 bits per heavy atom. The summed E-state index contributed by atoms with van der Waals surface area (Å²) >= 11 is 0. The summed E-state index contributed by atoms with van der Waals surface area (Å²) in [5.74, 6) is 0.614. The lowest BCUT2D eigenvalue weighted by atomic mass is 10.1. The summed E-state index contributed by atoms with van der Waals surface area (Å²) in [4.78, 5) is 12.5. The first-order valence-electron chi connectivity index (χ1n) is 10.0. The van der Waals surface area contributed by atoms with Crippen LogP contribution in [0.15, 0.2) is 54.6 Å². The summed E-state index contributed by atoms with van der Waals surface area (Å²) in [6.45, 7) is 0.601. The number of amides is 2. The highest BCUT2D eigenvalue weighted by molar-refractivity contribution is 5.89. The van der Waals surface area contributed by atoms with Crippen LogP contribution in [0.5, 0.6) is 11.8 Å². The van der Waals surface area contributed by atoms with Crippen molar-refractivity contribution >= 4 is 11.7 Å². The first-order chi connectivity index (χ1) is 15.7. The molecule has 2 aliphatic rings. The third-order valence-corrected chi connectivity index (χ3v) is 5.32. The largest absolute Gasteiger partial charge is 0.423 e. The van der Waals surface area contributed by atoms with Crippen molar-refractivity contribution in [2.75, 3.05) is 18.5 Å². The number of carbonyl (C=O) groups is 1. The van der Waals surface area contributed by atoms with Crippen LogP contribution in [0.4, 0.5) is 10.5 Å². The minimum absolute atomic E-state index is 0.237. The number of aromatic nitrogens is 4. The Balaban J connectivity index is 1.23. The van der Waals surface area contributed by atoms with Gasteiger partial charge in [0.2, 0.25) is 0 Å². The lowest BCUT2D eigenvalue weighted by Gasteiger charge is -2.18. The molecule has 2 saturated heterocycles. The fraction of sp³-hybridized carbons (Fsp3) is 0.286. The van der Waals surface area contributed by atoms with Crippen molar-refractivity contribution < 1.29 is 19.0 Å². The molecule has 162 valence electrons. The Bertz CT molecular complexity index is 1150. The number of ether oxygens (including phenoxy) is 3. The van der Waals surface area contributed by atoms with Gasteiger partial charge in [-0.15, -0.1) is 0 Å². The predicted molar refractivity (Wildman–Crippen MR) is 110 cm³/mol. The number of nitriles is 1. The van der Waals surface area contributed by atoms with Gasteiger partial charge in [0.1, 0.15) is 24.0 Å². The van der Waals surface area contributed by atoms with E-state index in [0.29, 0.717) is 23.6 Å². The third-order valence-electron chi connectivity index (χ3n) is 5.32. The minimum Gasteiger partial charge on any atom is -0.423 e. The third kappa shape index (κ3) is 3.96. The lowest BCUT2D eigenvalue weighted by Crippen LogP contribution is -2.45. The number of hydrogen-bond acceptors (Lipinski definition) is 8. The average molecular weight is 433 g/mol. The highest BCUT2D eigenvalue weighted by Crippen LogP contribution is 2.36. The summed E-state index contributed by atoms with van der Waals surface area (Å²) in [5.41, 5.74) is 0.989. The SMILES string of the molecule is N#Cc1cccc(NC(=O)N[C@H]2CO[C@H]3[C@@H]2OC[C@@H]3n2nnnc2Oc2ccccc2)c1. The van der Waals surface area contributed by atoms with E-state index in [2.05, 4.69) is 26.2 Å². The monoisotopic (exact) mass is 433 g/mol. The second kappa shape index (κ2) is 8.62. The average Bonchev–Trinajstić information content (AvgIpc) is 3.52. The molecule has 1 aromatic heterocycles. The molecule has 2 amide bonds. The highest BCUT2D eigenvalue weighted by atomic mass is 16.6. The number of urea groups is 1. The minimum atomic E-state index is -0.406. The molecule has 0 saturated carbocycles. The number of anilines is 1. The van der Waals surface area contributed by atoms with Crippen molar-refractivity contribution in [3.05, 3.63) is 60.2 Å². The lowest BCUT2D eigenvalue weighted by molar-refractivity contribution is 0.0613. The number of para-hydroxylation sites is 1. The van der Waals surface area contributed by atoms with E-state index >= 15 is 0 Å². The van der Waals surface area contributed by atoms with Crippen LogP contribution < -0.4 is 15.4 Å².